The molecule has 0 saturated carbocycles. The third kappa shape index (κ3) is 5.20. The van der Waals surface area contributed by atoms with Crippen molar-refractivity contribution in [1.82, 2.24) is 0 Å². The van der Waals surface area contributed by atoms with Gasteiger partial charge in [0.25, 0.3) is 5.91 Å². The first kappa shape index (κ1) is 27.0. The van der Waals surface area contributed by atoms with E-state index in [-0.39, 0.29) is 17.1 Å². The molecule has 4 aromatic rings. The van der Waals surface area contributed by atoms with Gasteiger partial charge in [0.05, 0.1) is 30.7 Å². The summed E-state index contributed by atoms with van der Waals surface area (Å²) in [6.07, 6.45) is 5.31. The second-order valence-corrected chi connectivity index (χ2v) is 10.6. The minimum atomic E-state index is -0.688. The highest BCUT2D eigenvalue weighted by molar-refractivity contribution is 9.10. The second kappa shape index (κ2) is 11.7. The molecule has 1 atom stereocenters. The van der Waals surface area contributed by atoms with Crippen molar-refractivity contribution in [3.8, 4) is 11.5 Å². The molecule has 6 nitrogen and oxygen atoms in total. The summed E-state index contributed by atoms with van der Waals surface area (Å²) in [5, 5.41) is 0.420. The summed E-state index contributed by atoms with van der Waals surface area (Å²) >= 11 is 3.45. The topological polar surface area (TPSA) is 69.0 Å². The van der Waals surface area contributed by atoms with Crippen LogP contribution in [0.5, 0.6) is 11.5 Å². The number of aryl methyl sites for hydroxylation is 1. The summed E-state index contributed by atoms with van der Waals surface area (Å²) in [7, 11) is 1.59. The highest BCUT2D eigenvalue weighted by atomic mass is 79.9. The smallest absolute Gasteiger partial charge is 0.295 e. The van der Waals surface area contributed by atoms with Gasteiger partial charge in [0, 0.05) is 10.2 Å². The summed E-state index contributed by atoms with van der Waals surface area (Å²) in [5.74, 6) is 0.903. The first-order chi connectivity index (χ1) is 19.0. The molecule has 1 aliphatic heterocycles. The Morgan fingerprint density at radius 2 is 1.72 bits per heavy atom. The Morgan fingerprint density at radius 1 is 0.923 bits per heavy atom. The Balaban J connectivity index is 1.62. The Bertz CT molecular complexity index is 1560. The van der Waals surface area contributed by atoms with E-state index < -0.39 is 6.04 Å². The lowest BCUT2D eigenvalue weighted by Crippen LogP contribution is -2.29. The van der Waals surface area contributed by atoms with E-state index in [9.17, 15) is 9.59 Å². The normalized spacial score (nSPS) is 14.6. The average molecular weight is 591 g/mol. The Hall–Kier alpha value is -3.58. The zero-order valence-electron chi connectivity index (χ0n) is 22.5. The van der Waals surface area contributed by atoms with E-state index in [0.717, 1.165) is 41.3 Å². The van der Waals surface area contributed by atoms with Crippen molar-refractivity contribution in [2.24, 2.45) is 0 Å². The van der Waals surface area contributed by atoms with Gasteiger partial charge in [0.15, 0.2) is 16.9 Å². The largest absolute Gasteiger partial charge is 0.493 e. The third-order valence-electron chi connectivity index (χ3n) is 7.21. The van der Waals surface area contributed by atoms with E-state index in [1.165, 1.54) is 6.42 Å². The number of benzene rings is 3. The predicted molar refractivity (Wildman–Crippen MR) is 157 cm³/mol. The number of rotatable bonds is 10. The van der Waals surface area contributed by atoms with Crippen LogP contribution in [0, 0.1) is 0 Å². The number of fused-ring (bicyclic) bond motifs is 2. The fraction of sp³-hybridized carbons (Fsp3) is 0.312. The predicted octanol–water partition coefficient (Wildman–Crippen LogP) is 7.84. The lowest BCUT2D eigenvalue weighted by atomic mass is 9.97. The molecule has 0 fully saturated rings. The van der Waals surface area contributed by atoms with Gasteiger partial charge in [-0.15, -0.1) is 0 Å². The fourth-order valence-corrected chi connectivity index (χ4v) is 5.46. The number of unbranched alkanes of at least 4 members (excludes halogenated alkanes) is 3. The molecule has 202 valence electrons. The molecular formula is C32H32BrNO5. The lowest BCUT2D eigenvalue weighted by molar-refractivity contribution is 0.0971. The molecule has 0 spiro atoms. The lowest BCUT2D eigenvalue weighted by Gasteiger charge is -2.26. The third-order valence-corrected chi connectivity index (χ3v) is 7.71. The molecule has 0 radical (unpaired) electrons. The maximum atomic E-state index is 13.9. The van der Waals surface area contributed by atoms with Crippen LogP contribution in [0.4, 0.5) is 5.69 Å². The summed E-state index contributed by atoms with van der Waals surface area (Å²) < 4.78 is 18.6. The molecule has 39 heavy (non-hydrogen) atoms. The number of carbonyl (C=O) groups is 1. The number of nitrogens with zero attached hydrogens (tertiary/aromatic N) is 1. The first-order valence-corrected chi connectivity index (χ1v) is 14.3. The molecule has 0 aliphatic carbocycles. The minimum absolute atomic E-state index is 0.0645. The van der Waals surface area contributed by atoms with Crippen LogP contribution in [0.3, 0.4) is 0 Å². The van der Waals surface area contributed by atoms with Gasteiger partial charge in [-0.1, -0.05) is 67.2 Å². The van der Waals surface area contributed by atoms with Gasteiger partial charge in [-0.25, -0.2) is 0 Å². The Kier molecular flexibility index (Phi) is 8.07. The van der Waals surface area contributed by atoms with E-state index in [0.29, 0.717) is 40.3 Å². The maximum Gasteiger partial charge on any atom is 0.295 e. The van der Waals surface area contributed by atoms with Gasteiger partial charge in [0.2, 0.25) is 5.76 Å². The van der Waals surface area contributed by atoms with Crippen LogP contribution in [-0.2, 0) is 6.42 Å². The van der Waals surface area contributed by atoms with Crippen molar-refractivity contribution >= 4 is 38.5 Å². The molecule has 3 aromatic carbocycles. The molecule has 2 heterocycles. The summed E-state index contributed by atoms with van der Waals surface area (Å²) in [6.45, 7) is 4.86. The SMILES string of the molecule is CCCCCCOc1ccc(C2c3c(oc4ccc(Br)cc4c3=O)C(=O)N2c2ccc(CC)cc2)cc1OC. The zero-order valence-corrected chi connectivity index (χ0v) is 24.0. The maximum absolute atomic E-state index is 13.9. The number of hydrogen-bond acceptors (Lipinski definition) is 5. The average Bonchev–Trinajstić information content (AvgIpc) is 3.25. The van der Waals surface area contributed by atoms with E-state index in [4.69, 9.17) is 13.9 Å². The van der Waals surface area contributed by atoms with E-state index in [1.54, 1.807) is 30.2 Å². The van der Waals surface area contributed by atoms with Crippen LogP contribution >= 0.6 is 15.9 Å². The quantitative estimate of drug-likeness (QED) is 0.176. The van der Waals surface area contributed by atoms with E-state index in [1.807, 2.05) is 42.5 Å². The fourth-order valence-electron chi connectivity index (χ4n) is 5.10. The molecule has 1 unspecified atom stereocenters. The van der Waals surface area contributed by atoms with Gasteiger partial charge >= 0.3 is 0 Å². The molecule has 1 aliphatic rings. The molecular weight excluding hydrogens is 558 g/mol. The highest BCUT2D eigenvalue weighted by Crippen LogP contribution is 2.43. The zero-order chi connectivity index (χ0) is 27.5. The van der Waals surface area contributed by atoms with Crippen molar-refractivity contribution in [1.29, 1.82) is 0 Å². The Labute approximate surface area is 236 Å². The van der Waals surface area contributed by atoms with Crippen LogP contribution in [-0.4, -0.2) is 19.6 Å². The monoisotopic (exact) mass is 589 g/mol. The number of anilines is 1. The van der Waals surface area contributed by atoms with Crippen LogP contribution in [0.1, 0.15) is 72.8 Å². The summed E-state index contributed by atoms with van der Waals surface area (Å²) in [4.78, 5) is 29.4. The van der Waals surface area contributed by atoms with Crippen molar-refractivity contribution in [3.63, 3.8) is 0 Å². The van der Waals surface area contributed by atoms with Crippen molar-refractivity contribution < 1.29 is 18.7 Å². The first-order valence-electron chi connectivity index (χ1n) is 13.5. The molecule has 0 saturated heterocycles. The van der Waals surface area contributed by atoms with Crippen molar-refractivity contribution in [2.75, 3.05) is 18.6 Å². The molecule has 1 amide bonds. The summed E-state index contributed by atoms with van der Waals surface area (Å²) in [5.41, 5.74) is 3.05. The van der Waals surface area contributed by atoms with Gasteiger partial charge in [-0.3, -0.25) is 14.5 Å². The van der Waals surface area contributed by atoms with E-state index >= 15 is 0 Å². The van der Waals surface area contributed by atoms with E-state index in [2.05, 4.69) is 29.8 Å². The number of methoxy groups -OCH3 is 1. The second-order valence-electron chi connectivity index (χ2n) is 9.73. The minimum Gasteiger partial charge on any atom is -0.493 e. The van der Waals surface area contributed by atoms with Crippen LogP contribution in [0.25, 0.3) is 11.0 Å². The number of hydrogen-bond donors (Lipinski definition) is 0. The summed E-state index contributed by atoms with van der Waals surface area (Å²) in [6, 6.07) is 18.0. The van der Waals surface area contributed by atoms with Gasteiger partial charge < -0.3 is 13.9 Å². The van der Waals surface area contributed by atoms with Crippen molar-refractivity contribution in [2.45, 2.75) is 52.0 Å². The van der Waals surface area contributed by atoms with Crippen LogP contribution in [0.15, 0.2) is 74.3 Å². The van der Waals surface area contributed by atoms with Gasteiger partial charge in [0.1, 0.15) is 5.58 Å². The van der Waals surface area contributed by atoms with Crippen LogP contribution in [0.2, 0.25) is 0 Å². The number of carbonyl (C=O) groups excluding carboxylic acids is 1. The Morgan fingerprint density at radius 3 is 2.44 bits per heavy atom. The molecule has 7 heteroatoms. The number of amides is 1. The molecule has 0 bridgehead atoms. The highest BCUT2D eigenvalue weighted by Gasteiger charge is 2.44. The van der Waals surface area contributed by atoms with Gasteiger partial charge in [-0.2, -0.15) is 0 Å². The van der Waals surface area contributed by atoms with Crippen LogP contribution < -0.4 is 19.8 Å². The number of halogens is 1. The van der Waals surface area contributed by atoms with Gasteiger partial charge in [-0.05, 0) is 66.4 Å². The number of ether oxygens (including phenoxy) is 2. The van der Waals surface area contributed by atoms with Crippen molar-refractivity contribution in [3.05, 3.63) is 97.8 Å². The molecule has 1 aromatic heterocycles. The standard InChI is InChI=1S/C32H32BrNO5/c1-4-6-7-8-17-38-26-15-11-21(18-27(26)37-3)29-28-30(35)24-19-22(33)12-16-25(24)39-31(28)32(36)34(29)23-13-9-20(5-2)10-14-23/h9-16,18-19,29H,4-8,17H2,1-3H3. The molecule has 5 rings (SSSR count). The molecule has 0 N–H and O–H groups in total.